The molecule has 0 amide bonds. The van der Waals surface area contributed by atoms with E-state index >= 15 is 0 Å². The molecule has 1 fully saturated rings. The summed E-state index contributed by atoms with van der Waals surface area (Å²) in [6.07, 6.45) is -0.804. The molecule has 0 unspecified atom stereocenters. The van der Waals surface area contributed by atoms with Crippen molar-refractivity contribution in [3.05, 3.63) is 48.5 Å². The molecule has 3 heterocycles. The molecule has 142 valence electrons. The molecule has 0 saturated carbocycles. The number of imidazole rings is 1. The topological polar surface area (TPSA) is 140 Å². The van der Waals surface area contributed by atoms with E-state index < -0.39 is 36.6 Å². The van der Waals surface area contributed by atoms with E-state index in [0.29, 0.717) is 11.2 Å². The Hall–Kier alpha value is -2.59. The molecular formula is C18H21N5O4. The number of fused-ring (bicyclic) bond motifs is 1. The van der Waals surface area contributed by atoms with Gasteiger partial charge in [0.2, 0.25) is 0 Å². The summed E-state index contributed by atoms with van der Waals surface area (Å²) >= 11 is 0. The van der Waals surface area contributed by atoms with Gasteiger partial charge < -0.3 is 25.8 Å². The maximum Gasteiger partial charge on any atom is 0.183 e. The van der Waals surface area contributed by atoms with Crippen LogP contribution in [-0.2, 0) is 10.5 Å². The number of anilines is 1. The summed E-state index contributed by atoms with van der Waals surface area (Å²) in [6, 6.07) is 9.47. The van der Waals surface area contributed by atoms with Crippen LogP contribution < -0.4 is 5.73 Å². The fraction of sp³-hybridized carbons (Fsp3) is 0.389. The van der Waals surface area contributed by atoms with E-state index in [-0.39, 0.29) is 5.82 Å². The molecule has 1 saturated heterocycles. The van der Waals surface area contributed by atoms with Crippen molar-refractivity contribution in [3.63, 3.8) is 0 Å². The molecule has 3 aromatic rings. The van der Waals surface area contributed by atoms with Crippen LogP contribution in [0, 0.1) is 0 Å². The summed E-state index contributed by atoms with van der Waals surface area (Å²) in [4.78, 5) is 12.5. The zero-order valence-electron chi connectivity index (χ0n) is 14.7. The smallest absolute Gasteiger partial charge is 0.183 e. The molecule has 2 aromatic heterocycles. The highest BCUT2D eigenvalue weighted by atomic mass is 16.6. The van der Waals surface area contributed by atoms with E-state index in [9.17, 15) is 15.3 Å². The molecule has 1 aliphatic heterocycles. The maximum atomic E-state index is 11.0. The predicted molar refractivity (Wildman–Crippen MR) is 96.5 cm³/mol. The summed E-state index contributed by atoms with van der Waals surface area (Å²) in [5, 5.41) is 31.1. The lowest BCUT2D eigenvalue weighted by atomic mass is 9.85. The normalized spacial score (nSPS) is 29.3. The Morgan fingerprint density at radius 3 is 2.63 bits per heavy atom. The predicted octanol–water partition coefficient (Wildman–Crippen LogP) is -0.0221. The number of rotatable bonds is 4. The van der Waals surface area contributed by atoms with Crippen molar-refractivity contribution in [2.75, 3.05) is 12.3 Å². The second-order valence-electron chi connectivity index (χ2n) is 6.70. The number of aromatic nitrogens is 4. The Kier molecular flexibility index (Phi) is 4.31. The molecule has 9 heteroatoms. The van der Waals surface area contributed by atoms with Crippen molar-refractivity contribution in [2.24, 2.45) is 0 Å². The van der Waals surface area contributed by atoms with Crippen molar-refractivity contribution < 1.29 is 20.1 Å². The number of aliphatic hydroxyl groups excluding tert-OH is 3. The second-order valence-corrected chi connectivity index (χ2v) is 6.70. The van der Waals surface area contributed by atoms with Crippen LogP contribution in [0.3, 0.4) is 0 Å². The van der Waals surface area contributed by atoms with Crippen LogP contribution in [-0.4, -0.2) is 59.8 Å². The number of hydrogen-bond donors (Lipinski definition) is 4. The van der Waals surface area contributed by atoms with Gasteiger partial charge in [0, 0.05) is 5.92 Å². The highest BCUT2D eigenvalue weighted by Crippen LogP contribution is 2.47. The monoisotopic (exact) mass is 371 g/mol. The molecule has 0 spiro atoms. The highest BCUT2D eigenvalue weighted by Gasteiger charge is 2.59. The van der Waals surface area contributed by atoms with Crippen LogP contribution in [0.1, 0.15) is 18.4 Å². The van der Waals surface area contributed by atoms with Crippen LogP contribution in [0.2, 0.25) is 0 Å². The number of hydrogen-bond acceptors (Lipinski definition) is 8. The molecule has 0 aliphatic carbocycles. The maximum absolute atomic E-state index is 11.0. The third kappa shape index (κ3) is 2.51. The second kappa shape index (κ2) is 6.54. The summed E-state index contributed by atoms with van der Waals surface area (Å²) in [6.45, 7) is 1.44. The Balaban J connectivity index is 1.95. The van der Waals surface area contributed by atoms with Crippen molar-refractivity contribution in [3.8, 4) is 0 Å². The molecule has 5 atom stereocenters. The average molecular weight is 371 g/mol. The van der Waals surface area contributed by atoms with Gasteiger partial charge >= 0.3 is 0 Å². The third-order valence-electron chi connectivity index (χ3n) is 5.31. The Labute approximate surface area is 155 Å². The summed E-state index contributed by atoms with van der Waals surface area (Å²) in [5.74, 6) is -0.207. The van der Waals surface area contributed by atoms with Gasteiger partial charge in [-0.3, -0.25) is 4.57 Å². The lowest BCUT2D eigenvalue weighted by Gasteiger charge is -2.39. The Bertz CT molecular complexity index is 949. The van der Waals surface area contributed by atoms with E-state index in [4.69, 9.17) is 10.5 Å². The van der Waals surface area contributed by atoms with E-state index in [0.717, 1.165) is 5.56 Å². The van der Waals surface area contributed by atoms with Crippen LogP contribution in [0.4, 0.5) is 5.82 Å². The minimum atomic E-state index is -1.44. The van der Waals surface area contributed by atoms with E-state index in [1.165, 1.54) is 12.7 Å². The van der Waals surface area contributed by atoms with Crippen molar-refractivity contribution in [2.45, 2.75) is 36.9 Å². The van der Waals surface area contributed by atoms with Gasteiger partial charge in [0.1, 0.15) is 30.2 Å². The third-order valence-corrected chi connectivity index (χ3v) is 5.31. The fourth-order valence-corrected chi connectivity index (χ4v) is 3.83. The number of nitrogens with zero attached hydrogens (tertiary/aromatic N) is 4. The SMILES string of the molecule is C[C@@H](c1ccccc1)[C@@]1(n2cnc3c(N)ncnc32)O[C@H](CO)[C@@H](O)[C@H]1O. The van der Waals surface area contributed by atoms with Gasteiger partial charge in [0.25, 0.3) is 0 Å². The first-order valence-electron chi connectivity index (χ1n) is 8.64. The number of aliphatic hydroxyl groups is 3. The minimum Gasteiger partial charge on any atom is -0.394 e. The lowest BCUT2D eigenvalue weighted by Crippen LogP contribution is -2.49. The van der Waals surface area contributed by atoms with E-state index in [2.05, 4.69) is 15.0 Å². The summed E-state index contributed by atoms with van der Waals surface area (Å²) < 4.78 is 7.67. The van der Waals surface area contributed by atoms with Gasteiger partial charge in [-0.05, 0) is 5.56 Å². The zero-order chi connectivity index (χ0) is 19.2. The van der Waals surface area contributed by atoms with Gasteiger partial charge in [0.05, 0.1) is 12.9 Å². The first kappa shape index (κ1) is 17.8. The molecular weight excluding hydrogens is 350 g/mol. The van der Waals surface area contributed by atoms with E-state index in [1.54, 1.807) is 4.57 Å². The number of nitrogen functional groups attached to an aromatic ring is 1. The molecule has 5 N–H and O–H groups in total. The lowest BCUT2D eigenvalue weighted by molar-refractivity contribution is -0.159. The molecule has 0 bridgehead atoms. The van der Waals surface area contributed by atoms with Gasteiger partial charge in [-0.25, -0.2) is 15.0 Å². The Morgan fingerprint density at radius 2 is 1.96 bits per heavy atom. The van der Waals surface area contributed by atoms with Crippen molar-refractivity contribution in [1.82, 2.24) is 19.5 Å². The molecule has 9 nitrogen and oxygen atoms in total. The fourth-order valence-electron chi connectivity index (χ4n) is 3.83. The molecule has 1 aromatic carbocycles. The van der Waals surface area contributed by atoms with Gasteiger partial charge in [-0.15, -0.1) is 0 Å². The van der Waals surface area contributed by atoms with E-state index in [1.807, 2.05) is 37.3 Å². The van der Waals surface area contributed by atoms with Crippen LogP contribution >= 0.6 is 0 Å². The zero-order valence-corrected chi connectivity index (χ0v) is 14.7. The quantitative estimate of drug-likeness (QED) is 0.502. The highest BCUT2D eigenvalue weighted by molar-refractivity contribution is 5.81. The number of ether oxygens (including phenoxy) is 1. The molecule has 4 rings (SSSR count). The van der Waals surface area contributed by atoms with Crippen LogP contribution in [0.5, 0.6) is 0 Å². The minimum absolute atomic E-state index is 0.202. The Morgan fingerprint density at radius 1 is 1.22 bits per heavy atom. The van der Waals surface area contributed by atoms with Crippen LogP contribution in [0.25, 0.3) is 11.2 Å². The molecule has 27 heavy (non-hydrogen) atoms. The van der Waals surface area contributed by atoms with Gasteiger partial charge in [-0.2, -0.15) is 0 Å². The number of benzene rings is 1. The number of nitrogens with two attached hydrogens (primary N) is 1. The standard InChI is InChI=1S/C18H21N5O4/c1-10(11-5-3-2-4-6-11)18(15(26)14(25)12(7-24)27-18)23-9-22-13-16(19)20-8-21-17(13)23/h2-6,8-10,12,14-15,24-26H,7H2,1H3,(H2,19,20,21)/t10-,12+,14+,15+,18+/m0/s1. The summed E-state index contributed by atoms with van der Waals surface area (Å²) in [5.41, 5.74) is 6.08. The molecule has 0 radical (unpaired) electrons. The first-order valence-corrected chi connectivity index (χ1v) is 8.64. The van der Waals surface area contributed by atoms with Crippen molar-refractivity contribution >= 4 is 17.0 Å². The largest absolute Gasteiger partial charge is 0.394 e. The average Bonchev–Trinajstić information content (AvgIpc) is 3.24. The van der Waals surface area contributed by atoms with Crippen LogP contribution in [0.15, 0.2) is 43.0 Å². The van der Waals surface area contributed by atoms with Gasteiger partial charge in [-0.1, -0.05) is 37.3 Å². The molecule has 1 aliphatic rings. The van der Waals surface area contributed by atoms with Gasteiger partial charge in [0.15, 0.2) is 17.2 Å². The summed E-state index contributed by atoms with van der Waals surface area (Å²) in [7, 11) is 0. The first-order chi connectivity index (χ1) is 13.0. The van der Waals surface area contributed by atoms with Crippen molar-refractivity contribution in [1.29, 1.82) is 0 Å².